The van der Waals surface area contributed by atoms with Gasteiger partial charge in [-0.2, -0.15) is 0 Å². The van der Waals surface area contributed by atoms with Crippen LogP contribution in [0, 0.1) is 11.2 Å². The Kier molecular flexibility index (Phi) is 5.99. The van der Waals surface area contributed by atoms with E-state index >= 15 is 0 Å². The molecule has 0 N–H and O–H groups in total. The van der Waals surface area contributed by atoms with Gasteiger partial charge in [0.15, 0.2) is 0 Å². The van der Waals surface area contributed by atoms with Crippen molar-refractivity contribution < 1.29 is 14.0 Å². The Morgan fingerprint density at radius 3 is 1.78 bits per heavy atom. The minimum Gasteiger partial charge on any atom is -0.272 e. The van der Waals surface area contributed by atoms with Gasteiger partial charge in [-0.15, -0.1) is 15.3 Å². The van der Waals surface area contributed by atoms with Gasteiger partial charge in [-0.3, -0.25) is 9.63 Å². The number of hydroxylamine groups is 2. The largest absolute Gasteiger partial charge is 0.272 e. The molecule has 116 valence electrons. The van der Waals surface area contributed by atoms with Crippen LogP contribution >= 0.6 is 0 Å². The lowest BCUT2D eigenvalue weighted by molar-refractivity contribution is -0.188. The molecule has 1 fully saturated rings. The second-order valence-electron chi connectivity index (χ2n) is 6.87. The van der Waals surface area contributed by atoms with Crippen LogP contribution in [0.5, 0.6) is 0 Å². The van der Waals surface area contributed by atoms with Gasteiger partial charge >= 0.3 is 0 Å². The summed E-state index contributed by atoms with van der Waals surface area (Å²) in [7, 11) is 52.0. The average molecular weight is 340 g/mol. The molecule has 0 spiro atoms. The van der Waals surface area contributed by atoms with Crippen molar-refractivity contribution in [3.05, 3.63) is 35.6 Å². The molecule has 13 heteroatoms. The van der Waals surface area contributed by atoms with Gasteiger partial charge in [0.05, 0.1) is 83.3 Å². The Labute approximate surface area is 171 Å². The summed E-state index contributed by atoms with van der Waals surface area (Å²) in [5.74, 6) is -1.56. The molecule has 1 saturated heterocycles. The first-order valence-electron chi connectivity index (χ1n) is 7.96. The maximum Gasteiger partial charge on any atom is 0.248 e. The minimum atomic E-state index is -2.67. The second-order valence-corrected chi connectivity index (χ2v) is 6.87. The predicted octanol–water partition coefficient (Wildman–Crippen LogP) is -1.25. The zero-order valence-corrected chi connectivity index (χ0v) is 14.6. The molecule has 18 radical (unpaired) electrons. The highest BCUT2D eigenvalue weighted by molar-refractivity contribution is 6.71. The Morgan fingerprint density at radius 2 is 1.37 bits per heavy atom. The van der Waals surface area contributed by atoms with Crippen LogP contribution in [0.2, 0.25) is 15.3 Å². The number of carbonyl (C=O) groups is 1. The van der Waals surface area contributed by atoms with E-state index in [4.69, 9.17) is 75.5 Å². The van der Waals surface area contributed by atoms with E-state index in [0.29, 0.717) is 12.0 Å². The van der Waals surface area contributed by atoms with Gasteiger partial charge in [-0.25, -0.2) is 9.45 Å². The first-order valence-corrected chi connectivity index (χ1v) is 7.96. The number of hydrogen-bond acceptors (Lipinski definition) is 2. The van der Waals surface area contributed by atoms with E-state index in [2.05, 4.69) is 0 Å². The summed E-state index contributed by atoms with van der Waals surface area (Å²) in [6, 6.07) is 4.70. The van der Waals surface area contributed by atoms with Crippen LogP contribution in [-0.4, -0.2) is 88.2 Å². The first-order chi connectivity index (χ1) is 12.1. The Balaban J connectivity index is 2.59. The summed E-state index contributed by atoms with van der Waals surface area (Å²) in [5, 5.41) is -6.77. The predicted molar refractivity (Wildman–Crippen MR) is 109 cm³/mol. The fourth-order valence-electron chi connectivity index (χ4n) is 3.50. The van der Waals surface area contributed by atoms with Crippen LogP contribution in [0.25, 0.3) is 0 Å². The maximum atomic E-state index is 13.5. The van der Waals surface area contributed by atoms with Crippen LogP contribution in [0.15, 0.2) is 24.3 Å². The summed E-state index contributed by atoms with van der Waals surface area (Å²) >= 11 is 0. The second kappa shape index (κ2) is 7.20. The zero-order valence-electron chi connectivity index (χ0n) is 14.6. The van der Waals surface area contributed by atoms with Crippen LogP contribution in [0.1, 0.15) is 18.0 Å². The van der Waals surface area contributed by atoms with E-state index in [0.717, 1.165) is 5.06 Å². The van der Waals surface area contributed by atoms with Crippen molar-refractivity contribution in [3.63, 3.8) is 0 Å². The normalized spacial score (nSPS) is 19.1. The van der Waals surface area contributed by atoms with Gasteiger partial charge in [0, 0.05) is 11.8 Å². The molecule has 2 rings (SSSR count). The molecule has 0 bridgehead atoms. The van der Waals surface area contributed by atoms with Crippen molar-refractivity contribution >= 4 is 76.5 Å². The summed E-state index contributed by atoms with van der Waals surface area (Å²) in [6.07, 6.45) is 0.347. The Hall–Kier alpha value is -0.836. The molecule has 0 aromatic heterocycles. The molecular weight excluding hydrogens is 330 g/mol. The van der Waals surface area contributed by atoms with Crippen LogP contribution in [0.3, 0.4) is 0 Å². The quantitative estimate of drug-likeness (QED) is 0.628. The van der Waals surface area contributed by atoms with E-state index in [-0.39, 0.29) is 6.61 Å². The minimum absolute atomic E-state index is 0.121. The number of hydrogen-bond donors (Lipinski definition) is 0. The smallest absolute Gasteiger partial charge is 0.248 e. The van der Waals surface area contributed by atoms with Crippen LogP contribution in [0.4, 0.5) is 4.39 Å². The van der Waals surface area contributed by atoms with Crippen LogP contribution in [-0.2, 0) is 9.63 Å². The highest BCUT2D eigenvalue weighted by Crippen LogP contribution is 2.63. The van der Waals surface area contributed by atoms with Crippen molar-refractivity contribution in [3.8, 4) is 0 Å². The molecule has 27 heavy (non-hydrogen) atoms. The topological polar surface area (TPSA) is 29.5 Å². The Bertz CT molecular complexity index is 660. The van der Waals surface area contributed by atoms with Gasteiger partial charge in [0.25, 0.3) is 0 Å². The third-order valence-electron chi connectivity index (χ3n) is 4.63. The molecule has 1 heterocycles. The zero-order chi connectivity index (χ0) is 20.8. The fourth-order valence-corrected chi connectivity index (χ4v) is 3.50. The molecule has 1 amide bonds. The standard InChI is InChI=1S/C14H9B9FNO2/c15-12(16,17)11(13(18,19)20,14(21,22)23)10(26)25-9(5-6-27-25)7-1-3-8(24)4-2-7/h1-4,9H,5-6H2/t9-/m0/s1. The number of nitrogens with zero attached hydrogens (tertiary/aromatic N) is 1. The average Bonchev–Trinajstić information content (AvgIpc) is 2.93. The molecule has 0 aliphatic carbocycles. The monoisotopic (exact) mass is 341 g/mol. The number of rotatable bonds is 5. The molecule has 1 aromatic carbocycles. The fraction of sp³-hybridized carbons (Fsp3) is 0.500. The van der Waals surface area contributed by atoms with Gasteiger partial charge in [-0.05, 0) is 17.7 Å². The maximum absolute atomic E-state index is 13.5. The molecule has 3 nitrogen and oxygen atoms in total. The highest BCUT2D eigenvalue weighted by atomic mass is 19.1. The van der Waals surface area contributed by atoms with Gasteiger partial charge < -0.3 is 0 Å². The number of carbonyl (C=O) groups excluding carboxylic acids is 1. The van der Waals surface area contributed by atoms with E-state index < -0.39 is 38.5 Å². The first kappa shape index (κ1) is 22.5. The van der Waals surface area contributed by atoms with Crippen molar-refractivity contribution in [2.45, 2.75) is 27.8 Å². The summed E-state index contributed by atoms with van der Waals surface area (Å²) in [4.78, 5) is 18.9. The van der Waals surface area contributed by atoms with E-state index in [1.54, 1.807) is 0 Å². The van der Waals surface area contributed by atoms with E-state index in [1.165, 1.54) is 24.3 Å². The van der Waals surface area contributed by atoms with Crippen molar-refractivity contribution in [2.75, 3.05) is 6.61 Å². The van der Waals surface area contributed by atoms with E-state index in [1.807, 2.05) is 0 Å². The number of benzene rings is 1. The molecule has 1 aromatic rings. The lowest BCUT2D eigenvalue weighted by Gasteiger charge is -2.64. The molecule has 1 aliphatic heterocycles. The molecule has 0 saturated carbocycles. The Morgan fingerprint density at radius 1 is 0.926 bits per heavy atom. The van der Waals surface area contributed by atoms with Crippen LogP contribution < -0.4 is 0 Å². The summed E-state index contributed by atoms with van der Waals surface area (Å²) in [6.45, 7) is 0.121. The van der Waals surface area contributed by atoms with Crippen molar-refractivity contribution in [1.29, 1.82) is 0 Å². The van der Waals surface area contributed by atoms with Gasteiger partial charge in [0.2, 0.25) is 5.91 Å². The summed E-state index contributed by atoms with van der Waals surface area (Å²) in [5.41, 5.74) is -2.13. The lowest BCUT2D eigenvalue weighted by Crippen LogP contribution is -2.64. The van der Waals surface area contributed by atoms with Gasteiger partial charge in [-0.1, -0.05) is 12.1 Å². The molecular formula is C14H9B9FNO2. The third-order valence-corrected chi connectivity index (χ3v) is 4.63. The third kappa shape index (κ3) is 3.73. The highest BCUT2D eigenvalue weighted by Gasteiger charge is 2.61. The van der Waals surface area contributed by atoms with Gasteiger partial charge in [0.1, 0.15) is 5.82 Å². The molecule has 1 atom stereocenters. The van der Waals surface area contributed by atoms with E-state index in [9.17, 15) is 9.18 Å². The molecule has 1 aliphatic rings. The number of halogens is 1. The lowest BCUT2D eigenvalue weighted by atomic mass is 9.09. The number of amides is 1. The SMILES string of the molecule is [B]C([B])([B])C(C(=O)N1OCC[C@H]1c1ccc(F)cc1)(C([B])([B])[B])C([B])([B])[B]. The van der Waals surface area contributed by atoms with Crippen molar-refractivity contribution in [1.82, 2.24) is 5.06 Å². The van der Waals surface area contributed by atoms with Crippen molar-refractivity contribution in [2.24, 2.45) is 5.41 Å². The summed E-state index contributed by atoms with van der Waals surface area (Å²) < 4.78 is 13.2. The molecule has 0 unspecified atom stereocenters.